The normalized spacial score (nSPS) is 9.67. The number of hydrogen-bond acceptors (Lipinski definition) is 1. The molecule has 1 nitrogen and oxygen atoms in total. The van der Waals surface area contributed by atoms with Crippen molar-refractivity contribution in [3.05, 3.63) is 24.0 Å². The smallest absolute Gasteiger partial charge is 0.120 e. The van der Waals surface area contributed by atoms with Crippen LogP contribution in [-0.2, 0) is 0 Å². The first-order valence-corrected chi connectivity index (χ1v) is 5.12. The molecular weight excluding hydrogens is 408 g/mol. The quantitative estimate of drug-likeness (QED) is 0.474. The molecule has 1 aromatic rings. The maximum atomic E-state index is 4.04. The van der Waals surface area contributed by atoms with Gasteiger partial charge in [0.25, 0.3) is 0 Å². The van der Waals surface area contributed by atoms with Crippen LogP contribution in [0.5, 0.6) is 0 Å². The van der Waals surface area contributed by atoms with Crippen LogP contribution in [0.3, 0.4) is 0 Å². The highest BCUT2D eigenvalue weighted by molar-refractivity contribution is 14.1. The summed E-state index contributed by atoms with van der Waals surface area (Å²) in [4.78, 5) is 4.04. The number of nitrogens with zero attached hydrogens (tertiary/aromatic N) is 1. The van der Waals surface area contributed by atoms with Gasteiger partial charge in [-0.2, -0.15) is 0 Å². The molecule has 1 rings (SSSR count). The van der Waals surface area contributed by atoms with Crippen LogP contribution >= 0.6 is 61.1 Å². The first-order chi connectivity index (χ1) is 4.22. The van der Waals surface area contributed by atoms with Gasteiger partial charge in [-0.3, -0.25) is 0 Å². The van der Waals surface area contributed by atoms with Gasteiger partial charge in [0.1, 0.15) is 4.60 Å². The zero-order chi connectivity index (χ0) is 6.85. The number of halogens is 3. The van der Waals surface area contributed by atoms with E-state index in [2.05, 4.69) is 66.1 Å². The van der Waals surface area contributed by atoms with Crippen molar-refractivity contribution in [3.8, 4) is 0 Å². The third kappa shape index (κ3) is 2.01. The number of rotatable bonds is 0. The van der Waals surface area contributed by atoms with Gasteiger partial charge in [0.2, 0.25) is 0 Å². The first kappa shape index (κ1) is 8.19. The van der Waals surface area contributed by atoms with Crippen molar-refractivity contribution in [1.29, 1.82) is 0 Å². The molecule has 0 aliphatic carbocycles. The summed E-state index contributed by atoms with van der Waals surface area (Å²) in [6.45, 7) is 0. The van der Waals surface area contributed by atoms with Gasteiger partial charge < -0.3 is 0 Å². The summed E-state index contributed by atoms with van der Waals surface area (Å²) in [6.07, 6.45) is 1.79. The van der Waals surface area contributed by atoms with Crippen molar-refractivity contribution >= 4 is 61.1 Å². The summed E-state index contributed by atoms with van der Waals surface area (Å²) in [7, 11) is 0. The maximum Gasteiger partial charge on any atom is 0.120 e. The van der Waals surface area contributed by atoms with Crippen LogP contribution in [0.15, 0.2) is 16.9 Å². The largest absolute Gasteiger partial charge is 0.248 e. The van der Waals surface area contributed by atoms with Gasteiger partial charge >= 0.3 is 0 Å². The molecule has 0 amide bonds. The van der Waals surface area contributed by atoms with Gasteiger partial charge in [0.15, 0.2) is 0 Å². The van der Waals surface area contributed by atoms with Crippen LogP contribution in [-0.4, -0.2) is 4.98 Å². The molecule has 0 aliphatic heterocycles. The Labute approximate surface area is 89.0 Å². The first-order valence-electron chi connectivity index (χ1n) is 2.17. The molecule has 0 aliphatic rings. The van der Waals surface area contributed by atoms with E-state index in [0.29, 0.717) is 0 Å². The van der Waals surface area contributed by atoms with E-state index in [1.54, 1.807) is 6.20 Å². The lowest BCUT2D eigenvalue weighted by atomic mass is 10.5. The minimum Gasteiger partial charge on any atom is -0.248 e. The van der Waals surface area contributed by atoms with Gasteiger partial charge in [-0.15, -0.1) is 0 Å². The molecule has 0 saturated heterocycles. The van der Waals surface area contributed by atoms with E-state index in [1.807, 2.05) is 6.07 Å². The molecule has 1 heterocycles. The summed E-state index contributed by atoms with van der Waals surface area (Å²) in [5.41, 5.74) is 0. The highest BCUT2D eigenvalue weighted by atomic mass is 127. The molecule has 1 aromatic heterocycles. The Morgan fingerprint density at radius 1 is 1.44 bits per heavy atom. The second-order valence-corrected chi connectivity index (χ2v) is 4.39. The lowest BCUT2D eigenvalue weighted by molar-refractivity contribution is 1.24. The molecule has 0 saturated carbocycles. The Kier molecular flexibility index (Phi) is 3.16. The van der Waals surface area contributed by atoms with Gasteiger partial charge in [0, 0.05) is 9.77 Å². The second-order valence-electron chi connectivity index (χ2n) is 1.40. The summed E-state index contributed by atoms with van der Waals surface area (Å²) >= 11 is 7.85. The molecule has 0 spiro atoms. The van der Waals surface area contributed by atoms with E-state index < -0.39 is 0 Å². The maximum absolute atomic E-state index is 4.04. The van der Waals surface area contributed by atoms with E-state index in [9.17, 15) is 0 Å². The molecule has 0 bridgehead atoms. The third-order valence-electron chi connectivity index (χ3n) is 0.800. The SMILES string of the molecule is Brc1nccc(I)c1I. The van der Waals surface area contributed by atoms with Crippen LogP contribution in [0.4, 0.5) is 0 Å². The van der Waals surface area contributed by atoms with Crippen molar-refractivity contribution in [2.45, 2.75) is 0 Å². The van der Waals surface area contributed by atoms with Gasteiger partial charge in [-0.1, -0.05) is 0 Å². The molecule has 9 heavy (non-hydrogen) atoms. The molecule has 0 radical (unpaired) electrons. The van der Waals surface area contributed by atoms with Gasteiger partial charge in [0.05, 0.1) is 3.57 Å². The Morgan fingerprint density at radius 3 is 2.56 bits per heavy atom. The summed E-state index contributed by atoms with van der Waals surface area (Å²) < 4.78 is 3.33. The van der Waals surface area contributed by atoms with Gasteiger partial charge in [-0.05, 0) is 67.2 Å². The zero-order valence-electron chi connectivity index (χ0n) is 4.24. The minimum atomic E-state index is 0.926. The van der Waals surface area contributed by atoms with Crippen molar-refractivity contribution < 1.29 is 0 Å². The predicted molar refractivity (Wildman–Crippen MR) is 57.4 cm³/mol. The van der Waals surface area contributed by atoms with Crippen molar-refractivity contribution in [2.75, 3.05) is 0 Å². The fourth-order valence-corrected chi connectivity index (χ4v) is 1.83. The van der Waals surface area contributed by atoms with Crippen LogP contribution in [0.2, 0.25) is 0 Å². The van der Waals surface area contributed by atoms with Crippen molar-refractivity contribution in [3.63, 3.8) is 0 Å². The van der Waals surface area contributed by atoms with E-state index >= 15 is 0 Å². The molecule has 0 atom stereocenters. The van der Waals surface area contributed by atoms with Crippen LogP contribution in [0.25, 0.3) is 0 Å². The zero-order valence-corrected chi connectivity index (χ0v) is 10.1. The van der Waals surface area contributed by atoms with E-state index in [0.717, 1.165) is 4.60 Å². The van der Waals surface area contributed by atoms with E-state index in [-0.39, 0.29) is 0 Å². The van der Waals surface area contributed by atoms with Crippen molar-refractivity contribution in [1.82, 2.24) is 4.98 Å². The van der Waals surface area contributed by atoms with E-state index in [4.69, 9.17) is 0 Å². The molecule has 48 valence electrons. The van der Waals surface area contributed by atoms with Crippen molar-refractivity contribution in [2.24, 2.45) is 0 Å². The molecule has 0 N–H and O–H groups in total. The molecule has 4 heteroatoms. The Morgan fingerprint density at radius 2 is 2.11 bits per heavy atom. The van der Waals surface area contributed by atoms with Crippen LogP contribution < -0.4 is 0 Å². The molecule has 0 aromatic carbocycles. The fraction of sp³-hybridized carbons (Fsp3) is 0. The fourth-order valence-electron chi connectivity index (χ4n) is 0.397. The predicted octanol–water partition coefficient (Wildman–Crippen LogP) is 3.05. The second kappa shape index (κ2) is 3.47. The number of aromatic nitrogens is 1. The molecule has 0 fully saturated rings. The highest BCUT2D eigenvalue weighted by Gasteiger charge is 1.98. The third-order valence-corrected chi connectivity index (χ3v) is 5.17. The molecular formula is C5H2BrI2N. The Bertz CT molecular complexity index is 206. The highest BCUT2D eigenvalue weighted by Crippen LogP contribution is 2.20. The standard InChI is InChI=1S/C5H2BrI2N/c6-5-4(8)3(7)1-2-9-5/h1-2H. The number of pyridine rings is 1. The summed E-state index contributed by atoms with van der Waals surface area (Å²) in [5.74, 6) is 0. The summed E-state index contributed by atoms with van der Waals surface area (Å²) in [5, 5.41) is 0. The molecule has 0 unspecified atom stereocenters. The Balaban J connectivity index is 3.25. The summed E-state index contributed by atoms with van der Waals surface area (Å²) in [6, 6.07) is 1.98. The number of hydrogen-bond donors (Lipinski definition) is 0. The monoisotopic (exact) mass is 409 g/mol. The lowest BCUT2D eigenvalue weighted by Crippen LogP contribution is -1.83. The lowest BCUT2D eigenvalue weighted by Gasteiger charge is -1.94. The average Bonchev–Trinajstić information content (AvgIpc) is 1.83. The van der Waals surface area contributed by atoms with E-state index in [1.165, 1.54) is 7.14 Å². The minimum absolute atomic E-state index is 0.926. The topological polar surface area (TPSA) is 12.9 Å². The van der Waals surface area contributed by atoms with Crippen LogP contribution in [0.1, 0.15) is 0 Å². The van der Waals surface area contributed by atoms with Gasteiger partial charge in [-0.25, -0.2) is 4.98 Å². The Hall–Kier alpha value is 1.09. The van der Waals surface area contributed by atoms with Crippen LogP contribution in [0, 0.1) is 7.14 Å². The average molecular weight is 410 g/mol.